The van der Waals surface area contributed by atoms with Crippen LogP contribution in [0.25, 0.3) is 5.57 Å². The number of nitrogens with one attached hydrogen (secondary N) is 1. The molecular formula is C22H23NO2S. The molecule has 2 fully saturated rings. The van der Waals surface area contributed by atoms with Crippen molar-refractivity contribution in [2.24, 2.45) is 5.92 Å². The van der Waals surface area contributed by atoms with Gasteiger partial charge in [-0.25, -0.2) is 0 Å². The van der Waals surface area contributed by atoms with Gasteiger partial charge < -0.3 is 4.98 Å². The molecule has 1 heterocycles. The second-order valence-electron chi connectivity index (χ2n) is 7.35. The number of carbonyl (C=O) groups excluding carboxylic acids is 1. The van der Waals surface area contributed by atoms with Crippen LogP contribution in [0, 0.1) is 12.8 Å². The zero-order valence-electron chi connectivity index (χ0n) is 15.0. The normalized spacial score (nSPS) is 20.6. The monoisotopic (exact) mass is 365 g/mol. The first kappa shape index (κ1) is 17.3. The summed E-state index contributed by atoms with van der Waals surface area (Å²) in [5.41, 5.74) is 3.58. The summed E-state index contributed by atoms with van der Waals surface area (Å²) in [5.74, 6) is 0.585. The van der Waals surface area contributed by atoms with E-state index in [9.17, 15) is 9.59 Å². The predicted octanol–water partition coefficient (Wildman–Crippen LogP) is 4.74. The number of rotatable bonds is 5. The van der Waals surface area contributed by atoms with Gasteiger partial charge in [0.1, 0.15) is 5.78 Å². The highest BCUT2D eigenvalue weighted by atomic mass is 32.2. The second-order valence-corrected chi connectivity index (χ2v) is 8.72. The maximum atomic E-state index is 12.1. The molecule has 2 aliphatic rings. The number of aromatic nitrogens is 1. The SMILES string of the molecule is Cc1ccc(/C(=C\[C@H]2CCC(=O)C2)c2ccc(SC3CC3)cc2)[nH]c1=O. The molecule has 0 aliphatic heterocycles. The van der Waals surface area contributed by atoms with E-state index in [1.165, 1.54) is 17.7 Å². The Labute approximate surface area is 157 Å². The molecule has 0 unspecified atom stereocenters. The van der Waals surface area contributed by atoms with E-state index in [0.717, 1.165) is 28.5 Å². The zero-order chi connectivity index (χ0) is 18.1. The van der Waals surface area contributed by atoms with Crippen LogP contribution in [0.4, 0.5) is 0 Å². The van der Waals surface area contributed by atoms with Gasteiger partial charge in [-0.05, 0) is 55.9 Å². The average Bonchev–Trinajstić information content (AvgIpc) is 3.35. The van der Waals surface area contributed by atoms with Crippen molar-refractivity contribution in [3.05, 3.63) is 69.6 Å². The highest BCUT2D eigenvalue weighted by Gasteiger charge is 2.23. The van der Waals surface area contributed by atoms with Crippen molar-refractivity contribution < 1.29 is 4.79 Å². The Morgan fingerprint density at radius 3 is 2.46 bits per heavy atom. The largest absolute Gasteiger partial charge is 0.322 e. The van der Waals surface area contributed by atoms with Gasteiger partial charge in [0.05, 0.1) is 0 Å². The van der Waals surface area contributed by atoms with Gasteiger partial charge in [0.15, 0.2) is 0 Å². The van der Waals surface area contributed by atoms with Crippen LogP contribution in [0.2, 0.25) is 0 Å². The fraction of sp³-hybridized carbons (Fsp3) is 0.364. The van der Waals surface area contributed by atoms with Crippen molar-refractivity contribution >= 4 is 23.1 Å². The Kier molecular flexibility index (Phi) is 4.86. The molecule has 0 bridgehead atoms. The van der Waals surface area contributed by atoms with E-state index in [1.54, 1.807) is 0 Å². The van der Waals surface area contributed by atoms with E-state index >= 15 is 0 Å². The lowest BCUT2D eigenvalue weighted by atomic mass is 9.96. The van der Waals surface area contributed by atoms with Crippen LogP contribution in [-0.2, 0) is 4.79 Å². The topological polar surface area (TPSA) is 49.9 Å². The number of hydrogen-bond donors (Lipinski definition) is 1. The number of carbonyl (C=O) groups is 1. The van der Waals surface area contributed by atoms with Gasteiger partial charge in [0.2, 0.25) is 0 Å². The number of pyridine rings is 1. The molecule has 26 heavy (non-hydrogen) atoms. The molecule has 0 saturated heterocycles. The molecule has 2 aromatic rings. The van der Waals surface area contributed by atoms with Crippen LogP contribution in [0.15, 0.2) is 52.2 Å². The van der Waals surface area contributed by atoms with Crippen molar-refractivity contribution in [2.45, 2.75) is 49.2 Å². The van der Waals surface area contributed by atoms with Gasteiger partial charge in [-0.15, -0.1) is 11.8 Å². The van der Waals surface area contributed by atoms with Gasteiger partial charge in [-0.1, -0.05) is 24.3 Å². The highest BCUT2D eigenvalue weighted by Crippen LogP contribution is 2.39. The lowest BCUT2D eigenvalue weighted by Gasteiger charge is -2.12. The molecule has 134 valence electrons. The third-order valence-electron chi connectivity index (χ3n) is 5.08. The molecule has 1 atom stereocenters. The summed E-state index contributed by atoms with van der Waals surface area (Å²) in [6.45, 7) is 1.81. The molecule has 2 saturated carbocycles. The molecule has 2 aliphatic carbocycles. The average molecular weight is 365 g/mol. The number of aryl methyl sites for hydroxylation is 1. The third-order valence-corrected chi connectivity index (χ3v) is 6.42. The minimum absolute atomic E-state index is 0.0585. The molecule has 4 rings (SSSR count). The first-order valence-corrected chi connectivity index (χ1v) is 10.2. The Bertz CT molecular complexity index is 906. The fourth-order valence-corrected chi connectivity index (χ4v) is 4.41. The molecular weight excluding hydrogens is 342 g/mol. The van der Waals surface area contributed by atoms with E-state index in [-0.39, 0.29) is 11.5 Å². The molecule has 0 spiro atoms. The van der Waals surface area contributed by atoms with Crippen LogP contribution in [0.1, 0.15) is 48.9 Å². The zero-order valence-corrected chi connectivity index (χ0v) is 15.8. The summed E-state index contributed by atoms with van der Waals surface area (Å²) in [4.78, 5) is 28.1. The van der Waals surface area contributed by atoms with Gasteiger partial charge >= 0.3 is 0 Å². The Morgan fingerprint density at radius 2 is 1.85 bits per heavy atom. The molecule has 4 heteroatoms. The fourth-order valence-electron chi connectivity index (χ4n) is 3.36. The number of ketones is 1. The van der Waals surface area contributed by atoms with Crippen molar-refractivity contribution in [3.8, 4) is 0 Å². The van der Waals surface area contributed by atoms with E-state index in [0.29, 0.717) is 24.2 Å². The van der Waals surface area contributed by atoms with Crippen LogP contribution in [0.3, 0.4) is 0 Å². The molecule has 1 aromatic carbocycles. The maximum absolute atomic E-state index is 12.1. The lowest BCUT2D eigenvalue weighted by molar-refractivity contribution is -0.117. The van der Waals surface area contributed by atoms with E-state index in [4.69, 9.17) is 0 Å². The van der Waals surface area contributed by atoms with Crippen LogP contribution in [0.5, 0.6) is 0 Å². The summed E-state index contributed by atoms with van der Waals surface area (Å²) in [6.07, 6.45) is 6.98. The van der Waals surface area contributed by atoms with Gasteiger partial charge in [-0.2, -0.15) is 0 Å². The molecule has 3 nitrogen and oxygen atoms in total. The summed E-state index contributed by atoms with van der Waals surface area (Å²) < 4.78 is 0. The number of aromatic amines is 1. The van der Waals surface area contributed by atoms with Gasteiger partial charge in [-0.3, -0.25) is 9.59 Å². The van der Waals surface area contributed by atoms with Gasteiger partial charge in [0.25, 0.3) is 5.56 Å². The maximum Gasteiger partial charge on any atom is 0.251 e. The molecule has 1 N–H and O–H groups in total. The van der Waals surface area contributed by atoms with Crippen LogP contribution in [-0.4, -0.2) is 16.0 Å². The lowest BCUT2D eigenvalue weighted by Crippen LogP contribution is -2.11. The van der Waals surface area contributed by atoms with Crippen molar-refractivity contribution in [2.75, 3.05) is 0 Å². The summed E-state index contributed by atoms with van der Waals surface area (Å²) in [7, 11) is 0. The second kappa shape index (κ2) is 7.28. The smallest absolute Gasteiger partial charge is 0.251 e. The number of allylic oxidation sites excluding steroid dienone is 1. The Morgan fingerprint density at radius 1 is 1.08 bits per heavy atom. The number of Topliss-reactive ketones (excluding diaryl/α,β-unsaturated/α-hetero) is 1. The minimum atomic E-state index is -0.0585. The summed E-state index contributed by atoms with van der Waals surface area (Å²) >= 11 is 1.94. The first-order valence-electron chi connectivity index (χ1n) is 9.29. The standard InChI is InChI=1S/C22H23NO2S/c1-14-2-11-21(23-22(14)25)20(13-15-3-6-17(24)12-15)16-4-7-18(8-5-16)26-19-9-10-19/h2,4-5,7-8,11,13,15,19H,3,6,9-10,12H2,1H3,(H,23,25)/b20-13-/t15-/m0/s1. The number of thioether (sulfide) groups is 1. The van der Waals surface area contributed by atoms with Crippen LogP contribution < -0.4 is 5.56 Å². The van der Waals surface area contributed by atoms with E-state index < -0.39 is 0 Å². The van der Waals surface area contributed by atoms with Crippen molar-refractivity contribution in [1.29, 1.82) is 0 Å². The summed E-state index contributed by atoms with van der Waals surface area (Å²) in [5, 5.41) is 0.786. The quantitative estimate of drug-likeness (QED) is 0.833. The summed E-state index contributed by atoms with van der Waals surface area (Å²) in [6, 6.07) is 12.4. The van der Waals surface area contributed by atoms with Crippen molar-refractivity contribution in [1.82, 2.24) is 4.98 Å². The number of H-pyrrole nitrogens is 1. The highest BCUT2D eigenvalue weighted by molar-refractivity contribution is 8.00. The molecule has 1 aromatic heterocycles. The van der Waals surface area contributed by atoms with Gasteiger partial charge in [0, 0.05) is 39.8 Å². The number of hydrogen-bond acceptors (Lipinski definition) is 3. The molecule has 0 radical (unpaired) electrons. The van der Waals surface area contributed by atoms with E-state index in [2.05, 4.69) is 35.3 Å². The van der Waals surface area contributed by atoms with E-state index in [1.807, 2.05) is 30.8 Å². The van der Waals surface area contributed by atoms with Crippen molar-refractivity contribution in [3.63, 3.8) is 0 Å². The Hall–Kier alpha value is -2.07. The molecule has 0 amide bonds. The number of benzene rings is 1. The minimum Gasteiger partial charge on any atom is -0.322 e. The third kappa shape index (κ3) is 4.01. The Balaban J connectivity index is 1.69. The van der Waals surface area contributed by atoms with Crippen LogP contribution >= 0.6 is 11.8 Å². The first-order chi connectivity index (χ1) is 12.6. The predicted molar refractivity (Wildman–Crippen MR) is 107 cm³/mol.